The quantitative estimate of drug-likeness (QED) is 0.853. The summed E-state index contributed by atoms with van der Waals surface area (Å²) < 4.78 is 16.9. The lowest BCUT2D eigenvalue weighted by Gasteiger charge is -2.15. The third-order valence-corrected chi connectivity index (χ3v) is 3.89. The summed E-state index contributed by atoms with van der Waals surface area (Å²) in [4.78, 5) is 0. The highest BCUT2D eigenvalue weighted by Gasteiger charge is 2.22. The molecule has 1 aromatic heterocycles. The Morgan fingerprint density at radius 3 is 2.79 bits per heavy atom. The fraction of sp³-hybridized carbons (Fsp3) is 0.308. The van der Waals surface area contributed by atoms with Crippen molar-refractivity contribution in [2.75, 3.05) is 0 Å². The average Bonchev–Trinajstić information content (AvgIpc) is 2.70. The third kappa shape index (κ3) is 3.07. The molecule has 1 N–H and O–H groups in total. The Labute approximate surface area is 127 Å². The molecule has 0 radical (unpaired) electrons. The maximum Gasteiger partial charge on any atom is 0.130 e. The molecular formula is C13H13Br2FN2O. The van der Waals surface area contributed by atoms with Gasteiger partial charge in [-0.05, 0) is 34.5 Å². The van der Waals surface area contributed by atoms with Gasteiger partial charge in [0.2, 0.25) is 0 Å². The van der Waals surface area contributed by atoms with Gasteiger partial charge in [-0.2, -0.15) is 5.10 Å². The molecule has 2 rings (SSSR count). The molecule has 1 heterocycles. The van der Waals surface area contributed by atoms with Crippen LogP contribution in [0.15, 0.2) is 33.3 Å². The molecule has 0 aliphatic heterocycles. The Morgan fingerprint density at radius 2 is 2.16 bits per heavy atom. The number of benzene rings is 1. The second kappa shape index (κ2) is 6.15. The monoisotopic (exact) mass is 390 g/mol. The van der Waals surface area contributed by atoms with E-state index in [9.17, 15) is 9.50 Å². The number of aliphatic hydroxyl groups is 1. The molecule has 0 saturated carbocycles. The number of halogens is 3. The fourth-order valence-corrected chi connectivity index (χ4v) is 2.75. The third-order valence-electron chi connectivity index (χ3n) is 2.78. The van der Waals surface area contributed by atoms with Gasteiger partial charge in [-0.25, -0.2) is 4.39 Å². The lowest BCUT2D eigenvalue weighted by Crippen LogP contribution is -2.11. The van der Waals surface area contributed by atoms with Crippen molar-refractivity contribution in [3.63, 3.8) is 0 Å². The van der Waals surface area contributed by atoms with E-state index < -0.39 is 11.9 Å². The summed E-state index contributed by atoms with van der Waals surface area (Å²) in [6.45, 7) is 2.70. The van der Waals surface area contributed by atoms with E-state index in [2.05, 4.69) is 37.0 Å². The van der Waals surface area contributed by atoms with Crippen LogP contribution in [0.1, 0.15) is 30.7 Å². The molecule has 1 unspecified atom stereocenters. The Kier molecular flexibility index (Phi) is 4.76. The van der Waals surface area contributed by atoms with Crippen LogP contribution >= 0.6 is 31.9 Å². The molecule has 0 fully saturated rings. The maximum atomic E-state index is 13.9. The van der Waals surface area contributed by atoms with Crippen molar-refractivity contribution < 1.29 is 9.50 Å². The first kappa shape index (κ1) is 14.7. The summed E-state index contributed by atoms with van der Waals surface area (Å²) in [7, 11) is 0. The van der Waals surface area contributed by atoms with Crippen LogP contribution in [0, 0.1) is 5.82 Å². The van der Waals surface area contributed by atoms with Crippen molar-refractivity contribution in [2.45, 2.75) is 26.0 Å². The second-order valence-corrected chi connectivity index (χ2v) is 5.94. The van der Waals surface area contributed by atoms with Crippen molar-refractivity contribution in [3.8, 4) is 0 Å². The van der Waals surface area contributed by atoms with Crippen LogP contribution < -0.4 is 0 Å². The van der Waals surface area contributed by atoms with Crippen molar-refractivity contribution >= 4 is 31.9 Å². The molecule has 2 aromatic rings. The van der Waals surface area contributed by atoms with Crippen LogP contribution in [-0.2, 0) is 6.54 Å². The van der Waals surface area contributed by atoms with Crippen LogP contribution in [0.5, 0.6) is 0 Å². The largest absolute Gasteiger partial charge is 0.382 e. The topological polar surface area (TPSA) is 38.0 Å². The highest BCUT2D eigenvalue weighted by atomic mass is 79.9. The maximum absolute atomic E-state index is 13.9. The molecule has 6 heteroatoms. The summed E-state index contributed by atoms with van der Waals surface area (Å²) in [6.07, 6.45) is 1.46. The molecule has 19 heavy (non-hydrogen) atoms. The van der Waals surface area contributed by atoms with Crippen LogP contribution in [-0.4, -0.2) is 14.9 Å². The zero-order chi connectivity index (χ0) is 14.0. The molecule has 0 saturated heterocycles. The van der Waals surface area contributed by atoms with Gasteiger partial charge in [-0.3, -0.25) is 4.68 Å². The number of hydrogen-bond donors (Lipinski definition) is 1. The highest BCUT2D eigenvalue weighted by Crippen LogP contribution is 2.31. The Hall–Kier alpha value is -0.720. The molecular weight excluding hydrogens is 379 g/mol. The molecule has 3 nitrogen and oxygen atoms in total. The lowest BCUT2D eigenvalue weighted by atomic mass is 10.1. The van der Waals surface area contributed by atoms with Crippen molar-refractivity contribution in [3.05, 3.63) is 50.4 Å². The van der Waals surface area contributed by atoms with E-state index in [1.54, 1.807) is 23.0 Å². The van der Waals surface area contributed by atoms with Crippen LogP contribution in [0.25, 0.3) is 0 Å². The number of rotatable bonds is 4. The minimum atomic E-state index is -1.04. The number of nitrogens with zero attached hydrogens (tertiary/aromatic N) is 2. The van der Waals surface area contributed by atoms with Crippen molar-refractivity contribution in [1.82, 2.24) is 9.78 Å². The van der Waals surface area contributed by atoms with E-state index in [0.29, 0.717) is 21.2 Å². The predicted molar refractivity (Wildman–Crippen MR) is 78.4 cm³/mol. The standard InChI is InChI=1S/C13H13Br2FN2O/c1-2-5-18-12(10(15)7-17-18)13(19)9-4-3-8(14)6-11(9)16/h3-4,6-7,13,19H,2,5H2,1H3. The van der Waals surface area contributed by atoms with Gasteiger partial charge in [0.15, 0.2) is 0 Å². The van der Waals surface area contributed by atoms with Crippen molar-refractivity contribution in [1.29, 1.82) is 0 Å². The summed E-state index contributed by atoms with van der Waals surface area (Å²) >= 11 is 6.55. The number of aryl methyl sites for hydroxylation is 1. The summed E-state index contributed by atoms with van der Waals surface area (Å²) in [6, 6.07) is 4.61. The first-order valence-electron chi connectivity index (χ1n) is 5.88. The van der Waals surface area contributed by atoms with E-state index in [-0.39, 0.29) is 5.56 Å². The Balaban J connectivity index is 2.43. The summed E-state index contributed by atoms with van der Waals surface area (Å²) in [5, 5.41) is 14.6. The molecule has 1 atom stereocenters. The molecule has 1 aromatic carbocycles. The molecule has 102 valence electrons. The van der Waals surface area contributed by atoms with Gasteiger partial charge in [0.25, 0.3) is 0 Å². The van der Waals surface area contributed by atoms with Crippen LogP contribution in [0.3, 0.4) is 0 Å². The number of aromatic nitrogens is 2. The fourth-order valence-electron chi connectivity index (χ4n) is 1.90. The predicted octanol–water partition coefficient (Wildman–Crippen LogP) is 4.04. The summed E-state index contributed by atoms with van der Waals surface area (Å²) in [5.74, 6) is -0.446. The molecule has 0 aliphatic carbocycles. The first-order valence-corrected chi connectivity index (χ1v) is 7.47. The van der Waals surface area contributed by atoms with Gasteiger partial charge < -0.3 is 5.11 Å². The lowest BCUT2D eigenvalue weighted by molar-refractivity contribution is 0.201. The van der Waals surface area contributed by atoms with Gasteiger partial charge in [0.05, 0.1) is 16.4 Å². The highest BCUT2D eigenvalue weighted by molar-refractivity contribution is 9.10. The van der Waals surface area contributed by atoms with Crippen molar-refractivity contribution in [2.24, 2.45) is 0 Å². The van der Waals surface area contributed by atoms with E-state index in [0.717, 1.165) is 6.42 Å². The van der Waals surface area contributed by atoms with Crippen LogP contribution in [0.2, 0.25) is 0 Å². The minimum absolute atomic E-state index is 0.238. The van der Waals surface area contributed by atoms with Gasteiger partial charge in [0, 0.05) is 16.6 Å². The van der Waals surface area contributed by atoms with E-state index in [1.807, 2.05) is 6.92 Å². The Bertz CT molecular complexity index is 586. The van der Waals surface area contributed by atoms with Gasteiger partial charge in [0.1, 0.15) is 11.9 Å². The van der Waals surface area contributed by atoms with Gasteiger partial charge >= 0.3 is 0 Å². The van der Waals surface area contributed by atoms with Crippen LogP contribution in [0.4, 0.5) is 4.39 Å². The smallest absolute Gasteiger partial charge is 0.130 e. The SMILES string of the molecule is CCCn1ncc(Br)c1C(O)c1ccc(Br)cc1F. The van der Waals surface area contributed by atoms with Gasteiger partial charge in [-0.15, -0.1) is 0 Å². The first-order chi connectivity index (χ1) is 9.04. The average molecular weight is 392 g/mol. The van der Waals surface area contributed by atoms with E-state index in [4.69, 9.17) is 0 Å². The number of aliphatic hydroxyl groups excluding tert-OH is 1. The molecule has 0 aliphatic rings. The molecule has 0 amide bonds. The zero-order valence-electron chi connectivity index (χ0n) is 10.3. The summed E-state index contributed by atoms with van der Waals surface area (Å²) in [5.41, 5.74) is 0.810. The van der Waals surface area contributed by atoms with E-state index in [1.165, 1.54) is 6.07 Å². The second-order valence-electron chi connectivity index (χ2n) is 4.17. The Morgan fingerprint density at radius 1 is 1.42 bits per heavy atom. The van der Waals surface area contributed by atoms with E-state index >= 15 is 0 Å². The molecule has 0 spiro atoms. The normalized spacial score (nSPS) is 12.7. The van der Waals surface area contributed by atoms with Gasteiger partial charge in [-0.1, -0.05) is 28.9 Å². The molecule has 0 bridgehead atoms. The minimum Gasteiger partial charge on any atom is -0.382 e. The zero-order valence-corrected chi connectivity index (χ0v) is 13.4. The number of hydrogen-bond acceptors (Lipinski definition) is 2.